The molecule has 0 N–H and O–H groups in total. The topological polar surface area (TPSA) is 52.1 Å². The number of carbonyl (C=O) groups excluding carboxylic acids is 1. The Morgan fingerprint density at radius 1 is 1.16 bits per heavy atom. The number of thiazole rings is 1. The van der Waals surface area contributed by atoms with Crippen molar-refractivity contribution in [3.63, 3.8) is 0 Å². The summed E-state index contributed by atoms with van der Waals surface area (Å²) in [6.45, 7) is 0.282. The fraction of sp³-hybridized carbons (Fsp3) is 0.550. The van der Waals surface area contributed by atoms with Gasteiger partial charge in [0.25, 0.3) is 0 Å². The molecule has 4 nitrogen and oxygen atoms in total. The third-order valence-corrected chi connectivity index (χ3v) is 7.17. The lowest BCUT2D eigenvalue weighted by molar-refractivity contribution is -0.173. The van der Waals surface area contributed by atoms with Crippen molar-refractivity contribution in [2.75, 3.05) is 0 Å². The first kappa shape index (κ1) is 15.5. The van der Waals surface area contributed by atoms with E-state index in [-0.39, 0.29) is 18.0 Å². The van der Waals surface area contributed by atoms with E-state index < -0.39 is 0 Å². The summed E-state index contributed by atoms with van der Waals surface area (Å²) in [6.07, 6.45) is 8.93. The molecule has 2 heterocycles. The number of aromatic nitrogens is 2. The zero-order valence-corrected chi connectivity index (χ0v) is 15.0. The summed E-state index contributed by atoms with van der Waals surface area (Å²) < 4.78 is 5.75. The lowest BCUT2D eigenvalue weighted by Gasteiger charge is -2.55. The number of hydrogen-bond acceptors (Lipinski definition) is 5. The molecule has 5 heteroatoms. The van der Waals surface area contributed by atoms with E-state index in [9.17, 15) is 4.79 Å². The summed E-state index contributed by atoms with van der Waals surface area (Å²) in [4.78, 5) is 21.8. The van der Waals surface area contributed by atoms with Crippen LogP contribution in [0, 0.1) is 23.2 Å². The molecule has 25 heavy (non-hydrogen) atoms. The quantitative estimate of drug-likeness (QED) is 0.761. The van der Waals surface area contributed by atoms with Crippen molar-refractivity contribution in [3.8, 4) is 10.7 Å². The average Bonchev–Trinajstić information content (AvgIpc) is 3.08. The maximum absolute atomic E-state index is 12.9. The fourth-order valence-electron chi connectivity index (χ4n) is 5.63. The second-order valence-electron chi connectivity index (χ2n) is 8.13. The minimum Gasteiger partial charge on any atom is -0.459 e. The first-order chi connectivity index (χ1) is 12.2. The van der Waals surface area contributed by atoms with E-state index in [2.05, 4.69) is 9.97 Å². The summed E-state index contributed by atoms with van der Waals surface area (Å²) in [5, 5.41) is 2.85. The molecule has 0 atom stereocenters. The normalized spacial score (nSPS) is 32.7. The molecule has 4 saturated carbocycles. The van der Waals surface area contributed by atoms with Crippen molar-refractivity contribution >= 4 is 17.3 Å². The smallest absolute Gasteiger partial charge is 0.312 e. The third kappa shape index (κ3) is 2.78. The average molecular weight is 354 g/mol. The molecule has 0 aromatic carbocycles. The van der Waals surface area contributed by atoms with Gasteiger partial charge in [0, 0.05) is 11.6 Å². The Hall–Kier alpha value is -1.75. The Balaban J connectivity index is 1.26. The maximum Gasteiger partial charge on any atom is 0.312 e. The molecule has 4 fully saturated rings. The molecule has 0 aliphatic heterocycles. The number of ether oxygens (including phenoxy) is 1. The van der Waals surface area contributed by atoms with Crippen LogP contribution in [0.1, 0.15) is 44.2 Å². The fourth-order valence-corrected chi connectivity index (χ4v) is 6.41. The predicted octanol–water partition coefficient (Wildman–Crippen LogP) is 4.46. The third-order valence-electron chi connectivity index (χ3n) is 6.26. The number of pyridine rings is 1. The molecule has 4 bridgehead atoms. The van der Waals surface area contributed by atoms with E-state index in [0.29, 0.717) is 0 Å². The Labute approximate surface area is 151 Å². The van der Waals surface area contributed by atoms with Gasteiger partial charge in [0.2, 0.25) is 0 Å². The van der Waals surface area contributed by atoms with Crippen molar-refractivity contribution in [1.29, 1.82) is 0 Å². The Kier molecular flexibility index (Phi) is 3.66. The molecule has 0 amide bonds. The highest BCUT2D eigenvalue weighted by Gasteiger charge is 2.55. The van der Waals surface area contributed by atoms with Gasteiger partial charge in [-0.3, -0.25) is 9.78 Å². The number of hydrogen-bond donors (Lipinski definition) is 0. The Bertz CT molecular complexity index is 751. The van der Waals surface area contributed by atoms with Crippen LogP contribution in [0.5, 0.6) is 0 Å². The van der Waals surface area contributed by atoms with Crippen molar-refractivity contribution in [2.24, 2.45) is 23.2 Å². The van der Waals surface area contributed by atoms with Gasteiger partial charge in [0.15, 0.2) is 0 Å². The summed E-state index contributed by atoms with van der Waals surface area (Å²) in [5.41, 5.74) is 1.50. The van der Waals surface area contributed by atoms with Crippen LogP contribution < -0.4 is 0 Å². The van der Waals surface area contributed by atoms with Gasteiger partial charge in [-0.2, -0.15) is 0 Å². The molecular weight excluding hydrogens is 332 g/mol. The van der Waals surface area contributed by atoms with Crippen LogP contribution in [0.3, 0.4) is 0 Å². The number of rotatable bonds is 4. The number of nitrogens with zero attached hydrogens (tertiary/aromatic N) is 2. The van der Waals surface area contributed by atoms with Gasteiger partial charge >= 0.3 is 5.97 Å². The minimum atomic E-state index is -0.186. The number of carbonyl (C=O) groups is 1. The first-order valence-electron chi connectivity index (χ1n) is 9.23. The summed E-state index contributed by atoms with van der Waals surface area (Å²) in [6, 6.07) is 5.80. The molecule has 4 aliphatic rings. The molecule has 0 spiro atoms. The molecule has 2 aromatic rings. The minimum absolute atomic E-state index is 0.0268. The van der Waals surface area contributed by atoms with E-state index in [0.717, 1.165) is 53.4 Å². The first-order valence-corrected chi connectivity index (χ1v) is 10.1. The lowest BCUT2D eigenvalue weighted by Crippen LogP contribution is -2.50. The lowest BCUT2D eigenvalue weighted by atomic mass is 9.49. The highest BCUT2D eigenvalue weighted by molar-refractivity contribution is 7.13. The van der Waals surface area contributed by atoms with Gasteiger partial charge in [0.1, 0.15) is 11.6 Å². The van der Waals surface area contributed by atoms with Gasteiger partial charge in [-0.1, -0.05) is 6.07 Å². The van der Waals surface area contributed by atoms with Crippen LogP contribution in [-0.4, -0.2) is 15.9 Å². The van der Waals surface area contributed by atoms with Gasteiger partial charge in [0.05, 0.1) is 16.8 Å². The second kappa shape index (κ2) is 5.90. The highest BCUT2D eigenvalue weighted by atomic mass is 32.1. The highest BCUT2D eigenvalue weighted by Crippen LogP contribution is 2.60. The standard InChI is InChI=1S/C20H22N2O2S/c23-19(20-8-13-5-14(9-20)7-15(6-13)10-20)24-11-16-12-25-18(22-16)17-3-1-2-4-21-17/h1-4,12-15H,5-11H2. The van der Waals surface area contributed by atoms with Crippen molar-refractivity contribution in [3.05, 3.63) is 35.5 Å². The van der Waals surface area contributed by atoms with E-state index in [1.807, 2.05) is 23.6 Å². The van der Waals surface area contributed by atoms with Crippen LogP contribution in [0.15, 0.2) is 29.8 Å². The molecular formula is C20H22N2O2S. The zero-order valence-electron chi connectivity index (χ0n) is 14.2. The molecule has 2 aromatic heterocycles. The van der Waals surface area contributed by atoms with Crippen LogP contribution in [0.4, 0.5) is 0 Å². The SMILES string of the molecule is O=C(OCc1csc(-c2ccccn2)n1)C12CC3CC(CC(C3)C1)C2. The predicted molar refractivity (Wildman–Crippen MR) is 95.7 cm³/mol. The van der Waals surface area contributed by atoms with Crippen molar-refractivity contribution < 1.29 is 9.53 Å². The summed E-state index contributed by atoms with van der Waals surface area (Å²) in [5.74, 6) is 2.30. The van der Waals surface area contributed by atoms with Crippen molar-refractivity contribution in [1.82, 2.24) is 9.97 Å². The van der Waals surface area contributed by atoms with Crippen LogP contribution in [0.25, 0.3) is 10.7 Å². The number of esters is 1. The molecule has 6 rings (SSSR count). The molecule has 4 aliphatic carbocycles. The van der Waals surface area contributed by atoms with E-state index >= 15 is 0 Å². The van der Waals surface area contributed by atoms with Crippen LogP contribution in [-0.2, 0) is 16.1 Å². The van der Waals surface area contributed by atoms with E-state index in [1.54, 1.807) is 17.5 Å². The molecule has 130 valence electrons. The van der Waals surface area contributed by atoms with E-state index in [1.165, 1.54) is 19.3 Å². The van der Waals surface area contributed by atoms with Gasteiger partial charge in [-0.15, -0.1) is 11.3 Å². The summed E-state index contributed by atoms with van der Waals surface area (Å²) in [7, 11) is 0. The molecule has 0 radical (unpaired) electrons. The van der Waals surface area contributed by atoms with Crippen molar-refractivity contribution in [2.45, 2.75) is 45.1 Å². The second-order valence-corrected chi connectivity index (χ2v) is 8.99. The van der Waals surface area contributed by atoms with Gasteiger partial charge in [-0.05, 0) is 68.4 Å². The summed E-state index contributed by atoms with van der Waals surface area (Å²) >= 11 is 1.55. The van der Waals surface area contributed by atoms with Gasteiger partial charge < -0.3 is 4.74 Å². The maximum atomic E-state index is 12.9. The van der Waals surface area contributed by atoms with Crippen LogP contribution >= 0.6 is 11.3 Å². The Morgan fingerprint density at radius 2 is 1.88 bits per heavy atom. The van der Waals surface area contributed by atoms with Gasteiger partial charge in [-0.25, -0.2) is 4.98 Å². The van der Waals surface area contributed by atoms with Crippen LogP contribution in [0.2, 0.25) is 0 Å². The molecule has 0 saturated heterocycles. The monoisotopic (exact) mass is 354 g/mol. The zero-order chi connectivity index (χ0) is 16.9. The Morgan fingerprint density at radius 3 is 2.52 bits per heavy atom. The largest absolute Gasteiger partial charge is 0.459 e. The molecule has 0 unspecified atom stereocenters. The van der Waals surface area contributed by atoms with E-state index in [4.69, 9.17) is 4.74 Å².